The van der Waals surface area contributed by atoms with Gasteiger partial charge in [-0.1, -0.05) is 24.3 Å². The number of ether oxygens (including phenoxy) is 2. The van der Waals surface area contributed by atoms with Gasteiger partial charge in [0.25, 0.3) is 5.95 Å². The largest absolute Gasteiger partial charge is 0.497 e. The van der Waals surface area contributed by atoms with Gasteiger partial charge in [0.15, 0.2) is 0 Å². The lowest BCUT2D eigenvalue weighted by Gasteiger charge is -2.18. The van der Waals surface area contributed by atoms with Crippen molar-refractivity contribution in [1.29, 1.82) is 5.41 Å². The minimum atomic E-state index is -0.441. The number of amidine groups is 1. The Morgan fingerprint density at radius 3 is 2.49 bits per heavy atom. The maximum atomic E-state index is 12.8. The van der Waals surface area contributed by atoms with Gasteiger partial charge in [-0.3, -0.25) is 10.4 Å². The first kappa shape index (κ1) is 25.6. The molecule has 2 heterocycles. The normalized spacial score (nSPS) is 11.9. The molecule has 0 spiro atoms. The summed E-state index contributed by atoms with van der Waals surface area (Å²) in [5.74, 6) is 1.55. The standard InChI is InChI=1S/C26H30N8O3/c1-33(2)11-12-37-21-15-19(14-20(16-21)36-3)22(13-17-5-7-18(8-6-17)23(27)28)24-31-26(35)34(32-24)25-29-9-4-10-30-25/h4-10,14-16,22H,11-13H2,1-3H3,(H3,27,28)(H,31,32,35). The third-order valence-electron chi connectivity index (χ3n) is 5.76. The minimum Gasteiger partial charge on any atom is -0.497 e. The molecule has 2 aromatic carbocycles. The van der Waals surface area contributed by atoms with Gasteiger partial charge in [0, 0.05) is 36.5 Å². The van der Waals surface area contributed by atoms with E-state index < -0.39 is 5.69 Å². The Kier molecular flexibility index (Phi) is 7.94. The van der Waals surface area contributed by atoms with Crippen molar-refractivity contribution in [1.82, 2.24) is 29.6 Å². The zero-order valence-electron chi connectivity index (χ0n) is 21.0. The number of aromatic nitrogens is 5. The second-order valence-corrected chi connectivity index (χ2v) is 8.74. The molecule has 0 saturated carbocycles. The molecule has 0 amide bonds. The van der Waals surface area contributed by atoms with Crippen molar-refractivity contribution >= 4 is 5.84 Å². The van der Waals surface area contributed by atoms with Crippen molar-refractivity contribution < 1.29 is 9.47 Å². The molecule has 11 nitrogen and oxygen atoms in total. The lowest BCUT2D eigenvalue weighted by molar-refractivity contribution is 0.260. The van der Waals surface area contributed by atoms with E-state index >= 15 is 0 Å². The van der Waals surface area contributed by atoms with Crippen molar-refractivity contribution in [3.8, 4) is 17.4 Å². The number of benzene rings is 2. The monoisotopic (exact) mass is 502 g/mol. The van der Waals surface area contributed by atoms with Gasteiger partial charge in [0.2, 0.25) is 0 Å². The zero-order valence-corrected chi connectivity index (χ0v) is 21.0. The maximum absolute atomic E-state index is 12.8. The van der Waals surface area contributed by atoms with Crippen LogP contribution in [-0.2, 0) is 6.42 Å². The summed E-state index contributed by atoms with van der Waals surface area (Å²) in [6.07, 6.45) is 3.61. The fourth-order valence-electron chi connectivity index (χ4n) is 3.80. The first-order chi connectivity index (χ1) is 17.8. The van der Waals surface area contributed by atoms with Crippen LogP contribution in [0.1, 0.15) is 28.4 Å². The Balaban J connectivity index is 1.75. The number of nitrogens with zero attached hydrogens (tertiary/aromatic N) is 5. The molecule has 11 heteroatoms. The predicted molar refractivity (Wildman–Crippen MR) is 140 cm³/mol. The Bertz CT molecular complexity index is 1400. The molecule has 4 rings (SSSR count). The van der Waals surface area contributed by atoms with Crippen molar-refractivity contribution in [2.45, 2.75) is 12.3 Å². The van der Waals surface area contributed by atoms with Crippen LogP contribution in [0.25, 0.3) is 5.95 Å². The van der Waals surface area contributed by atoms with Crippen molar-refractivity contribution in [2.75, 3.05) is 34.4 Å². The first-order valence-electron chi connectivity index (χ1n) is 11.7. The molecular weight excluding hydrogens is 472 g/mol. The summed E-state index contributed by atoms with van der Waals surface area (Å²) in [6, 6.07) is 14.8. The summed E-state index contributed by atoms with van der Waals surface area (Å²) in [7, 11) is 5.56. The third kappa shape index (κ3) is 6.39. The number of H-pyrrole nitrogens is 1. The predicted octanol–water partition coefficient (Wildman–Crippen LogP) is 1.96. The fraction of sp³-hybridized carbons (Fsp3) is 0.269. The van der Waals surface area contributed by atoms with E-state index in [-0.39, 0.29) is 17.7 Å². The number of nitrogen functional groups attached to an aromatic ring is 1. The van der Waals surface area contributed by atoms with Crippen molar-refractivity contribution in [3.63, 3.8) is 0 Å². The second-order valence-electron chi connectivity index (χ2n) is 8.74. The van der Waals surface area contributed by atoms with Gasteiger partial charge in [-0.05, 0) is 49.8 Å². The molecule has 0 aliphatic rings. The lowest BCUT2D eigenvalue weighted by Crippen LogP contribution is -2.19. The summed E-state index contributed by atoms with van der Waals surface area (Å²) in [5, 5.41) is 12.2. The second kappa shape index (κ2) is 11.5. The van der Waals surface area contributed by atoms with Gasteiger partial charge >= 0.3 is 5.69 Å². The van der Waals surface area contributed by atoms with E-state index in [1.54, 1.807) is 37.7 Å². The molecule has 37 heavy (non-hydrogen) atoms. The molecule has 1 atom stereocenters. The molecule has 0 saturated heterocycles. The lowest BCUT2D eigenvalue weighted by atomic mass is 9.90. The summed E-state index contributed by atoms with van der Waals surface area (Å²) >= 11 is 0. The van der Waals surface area contributed by atoms with Gasteiger partial charge in [-0.25, -0.2) is 14.8 Å². The van der Waals surface area contributed by atoms with Crippen molar-refractivity contribution in [3.05, 3.63) is 93.9 Å². The Morgan fingerprint density at radius 2 is 1.84 bits per heavy atom. The van der Waals surface area contributed by atoms with E-state index in [2.05, 4.69) is 20.1 Å². The van der Waals surface area contributed by atoms with Crippen LogP contribution in [0, 0.1) is 5.41 Å². The maximum Gasteiger partial charge on any atom is 0.350 e. The van der Waals surface area contributed by atoms with Gasteiger partial charge in [-0.15, -0.1) is 9.78 Å². The van der Waals surface area contributed by atoms with E-state index in [9.17, 15) is 4.79 Å². The number of nitrogens with two attached hydrogens (primary N) is 1. The highest BCUT2D eigenvalue weighted by molar-refractivity contribution is 5.94. The molecular formula is C26H30N8O3. The van der Waals surface area contributed by atoms with Crippen LogP contribution in [0.3, 0.4) is 0 Å². The summed E-state index contributed by atoms with van der Waals surface area (Å²) < 4.78 is 12.7. The number of rotatable bonds is 11. The summed E-state index contributed by atoms with van der Waals surface area (Å²) in [6.45, 7) is 1.26. The molecule has 0 aliphatic heterocycles. The highest BCUT2D eigenvalue weighted by Crippen LogP contribution is 2.32. The van der Waals surface area contributed by atoms with Crippen LogP contribution >= 0.6 is 0 Å². The molecule has 4 aromatic rings. The molecule has 1 unspecified atom stereocenters. The number of hydrogen-bond donors (Lipinski definition) is 3. The van der Waals surface area contributed by atoms with E-state index in [1.165, 1.54) is 0 Å². The van der Waals surface area contributed by atoms with Gasteiger partial charge < -0.3 is 20.1 Å². The highest BCUT2D eigenvalue weighted by atomic mass is 16.5. The average molecular weight is 503 g/mol. The molecule has 2 aromatic heterocycles. The van der Waals surface area contributed by atoms with Gasteiger partial charge in [-0.2, -0.15) is 0 Å². The molecule has 0 radical (unpaired) electrons. The first-order valence-corrected chi connectivity index (χ1v) is 11.7. The smallest absolute Gasteiger partial charge is 0.350 e. The van der Waals surface area contributed by atoms with E-state index in [0.29, 0.717) is 35.9 Å². The summed E-state index contributed by atoms with van der Waals surface area (Å²) in [4.78, 5) is 26.0. The van der Waals surface area contributed by atoms with Crippen LogP contribution in [0.15, 0.2) is 65.7 Å². The van der Waals surface area contributed by atoms with Crippen LogP contribution in [-0.4, -0.2) is 69.8 Å². The Morgan fingerprint density at radius 1 is 1.14 bits per heavy atom. The number of likely N-dealkylation sites (N-methyl/N-ethyl adjacent to an activating group) is 1. The Hall–Kier alpha value is -4.51. The topological polar surface area (TPSA) is 148 Å². The Labute approximate surface area is 214 Å². The van der Waals surface area contributed by atoms with Crippen LogP contribution < -0.4 is 20.9 Å². The third-order valence-corrected chi connectivity index (χ3v) is 5.76. The molecule has 192 valence electrons. The van der Waals surface area contributed by atoms with Crippen LogP contribution in [0.5, 0.6) is 11.5 Å². The number of methoxy groups -OCH3 is 1. The molecule has 4 N–H and O–H groups in total. The molecule has 0 aliphatic carbocycles. The van der Waals surface area contributed by atoms with E-state index in [1.807, 2.05) is 49.3 Å². The summed E-state index contributed by atoms with van der Waals surface area (Å²) in [5.41, 5.74) is 7.64. The van der Waals surface area contributed by atoms with Gasteiger partial charge in [0.05, 0.1) is 7.11 Å². The molecule has 0 bridgehead atoms. The fourth-order valence-corrected chi connectivity index (χ4v) is 3.80. The number of hydrogen-bond acceptors (Lipinski definition) is 8. The van der Waals surface area contributed by atoms with Gasteiger partial charge in [0.1, 0.15) is 29.8 Å². The van der Waals surface area contributed by atoms with E-state index in [4.69, 9.17) is 20.6 Å². The van der Waals surface area contributed by atoms with Crippen LogP contribution in [0.2, 0.25) is 0 Å². The molecule has 0 fully saturated rings. The SMILES string of the molecule is COc1cc(OCCN(C)C)cc(C(Cc2ccc(C(=N)N)cc2)c2nn(-c3ncccn3)c(=O)[nH]2)c1. The number of nitrogens with one attached hydrogen (secondary N) is 2. The number of aromatic amines is 1. The highest BCUT2D eigenvalue weighted by Gasteiger charge is 2.23. The quantitative estimate of drug-likeness (QED) is 0.208. The average Bonchev–Trinajstić information content (AvgIpc) is 3.28. The van der Waals surface area contributed by atoms with E-state index in [0.717, 1.165) is 22.4 Å². The van der Waals surface area contributed by atoms with Crippen LogP contribution in [0.4, 0.5) is 0 Å². The minimum absolute atomic E-state index is 0.00125. The van der Waals surface area contributed by atoms with Crippen molar-refractivity contribution in [2.24, 2.45) is 5.73 Å². The zero-order chi connectivity index (χ0) is 26.4.